The number of hydrogen-bond acceptors (Lipinski definition) is 5. The average molecular weight is 356 g/mol. The van der Waals surface area contributed by atoms with E-state index in [-0.39, 0.29) is 24.9 Å². The minimum atomic E-state index is -3.30. The fourth-order valence-electron chi connectivity index (χ4n) is 3.25. The summed E-state index contributed by atoms with van der Waals surface area (Å²) < 4.78 is 32.2. The van der Waals surface area contributed by atoms with Crippen LogP contribution in [0.3, 0.4) is 0 Å². The van der Waals surface area contributed by atoms with Crippen LogP contribution < -0.4 is 5.32 Å². The van der Waals surface area contributed by atoms with Gasteiger partial charge in [-0.25, -0.2) is 8.42 Å². The average Bonchev–Trinajstić information content (AvgIpc) is 3.02. The second kappa shape index (κ2) is 7.20. The van der Waals surface area contributed by atoms with Crippen LogP contribution in [0.5, 0.6) is 0 Å². The Kier molecular flexibility index (Phi) is 5.21. The maximum atomic E-state index is 12.3. The third-order valence-corrected chi connectivity index (χ3v) is 5.89. The van der Waals surface area contributed by atoms with Crippen molar-refractivity contribution in [1.29, 1.82) is 0 Å². The van der Waals surface area contributed by atoms with Gasteiger partial charge in [0.05, 0.1) is 31.0 Å². The van der Waals surface area contributed by atoms with Gasteiger partial charge in [0, 0.05) is 32.5 Å². The molecule has 3 rings (SSSR count). The Morgan fingerprint density at radius 2 is 2.17 bits per heavy atom. The quantitative estimate of drug-likeness (QED) is 0.809. The second-order valence-electron chi connectivity index (χ2n) is 6.54. The molecule has 0 aliphatic carbocycles. The van der Waals surface area contributed by atoms with Gasteiger partial charge in [-0.15, -0.1) is 0 Å². The molecule has 0 radical (unpaired) electrons. The van der Waals surface area contributed by atoms with Crippen molar-refractivity contribution in [3.63, 3.8) is 0 Å². The number of rotatable bonds is 5. The first kappa shape index (κ1) is 17.4. The SMILES string of the molecule is CS(=O)(=O)N1Cc2ccnn2C(CC(=O)NCC2CCOCC2)C1. The smallest absolute Gasteiger partial charge is 0.222 e. The molecule has 1 saturated heterocycles. The van der Waals surface area contributed by atoms with Gasteiger partial charge in [0.2, 0.25) is 15.9 Å². The van der Waals surface area contributed by atoms with Crippen molar-refractivity contribution >= 4 is 15.9 Å². The summed E-state index contributed by atoms with van der Waals surface area (Å²) in [4.78, 5) is 12.3. The molecule has 8 nitrogen and oxygen atoms in total. The lowest BCUT2D eigenvalue weighted by Crippen LogP contribution is -2.42. The molecule has 1 aromatic heterocycles. The van der Waals surface area contributed by atoms with Crippen LogP contribution in [0.2, 0.25) is 0 Å². The molecule has 1 fully saturated rings. The van der Waals surface area contributed by atoms with E-state index in [2.05, 4.69) is 10.4 Å². The van der Waals surface area contributed by atoms with Crippen molar-refractivity contribution in [2.45, 2.75) is 31.8 Å². The molecular weight excluding hydrogens is 332 g/mol. The van der Waals surface area contributed by atoms with Crippen molar-refractivity contribution < 1.29 is 17.9 Å². The predicted octanol–water partition coefficient (Wildman–Crippen LogP) is 0.132. The van der Waals surface area contributed by atoms with E-state index in [1.165, 1.54) is 10.6 Å². The summed E-state index contributed by atoms with van der Waals surface area (Å²) in [5, 5.41) is 7.23. The highest BCUT2D eigenvalue weighted by Crippen LogP contribution is 2.24. The Morgan fingerprint density at radius 3 is 2.88 bits per heavy atom. The summed E-state index contributed by atoms with van der Waals surface area (Å²) in [5.74, 6) is 0.394. The van der Waals surface area contributed by atoms with E-state index in [9.17, 15) is 13.2 Å². The molecule has 0 aromatic carbocycles. The number of ether oxygens (including phenoxy) is 1. The first-order valence-electron chi connectivity index (χ1n) is 8.25. The normalized spacial score (nSPS) is 23.0. The van der Waals surface area contributed by atoms with E-state index in [1.54, 1.807) is 16.9 Å². The number of sulfonamides is 1. The van der Waals surface area contributed by atoms with Crippen LogP contribution in [-0.2, 0) is 26.1 Å². The maximum Gasteiger partial charge on any atom is 0.222 e. The zero-order valence-electron chi connectivity index (χ0n) is 13.8. The fraction of sp³-hybridized carbons (Fsp3) is 0.733. The van der Waals surface area contributed by atoms with Gasteiger partial charge in [0.25, 0.3) is 0 Å². The zero-order chi connectivity index (χ0) is 17.2. The van der Waals surface area contributed by atoms with Crippen molar-refractivity contribution in [3.8, 4) is 0 Å². The van der Waals surface area contributed by atoms with E-state index >= 15 is 0 Å². The van der Waals surface area contributed by atoms with Gasteiger partial charge in [-0.2, -0.15) is 9.40 Å². The highest BCUT2D eigenvalue weighted by molar-refractivity contribution is 7.88. The summed E-state index contributed by atoms with van der Waals surface area (Å²) in [7, 11) is -3.30. The van der Waals surface area contributed by atoms with Gasteiger partial charge >= 0.3 is 0 Å². The number of nitrogens with one attached hydrogen (secondary N) is 1. The summed E-state index contributed by atoms with van der Waals surface area (Å²) in [6.45, 7) is 2.74. The first-order chi connectivity index (χ1) is 11.4. The highest BCUT2D eigenvalue weighted by Gasteiger charge is 2.31. The largest absolute Gasteiger partial charge is 0.381 e. The molecule has 9 heteroatoms. The van der Waals surface area contributed by atoms with Crippen LogP contribution in [0, 0.1) is 5.92 Å². The van der Waals surface area contributed by atoms with E-state index in [0.717, 1.165) is 31.7 Å². The van der Waals surface area contributed by atoms with Crippen LogP contribution in [-0.4, -0.2) is 61.0 Å². The van der Waals surface area contributed by atoms with Crippen LogP contribution >= 0.6 is 0 Å². The van der Waals surface area contributed by atoms with Gasteiger partial charge in [0.15, 0.2) is 0 Å². The van der Waals surface area contributed by atoms with E-state index in [4.69, 9.17) is 4.74 Å². The summed E-state index contributed by atoms with van der Waals surface area (Å²) >= 11 is 0. The number of amides is 1. The van der Waals surface area contributed by atoms with E-state index in [1.807, 2.05) is 0 Å². The number of carbonyl (C=O) groups excluding carboxylic acids is 1. The third-order valence-electron chi connectivity index (χ3n) is 4.67. The van der Waals surface area contributed by atoms with Crippen molar-refractivity contribution in [2.75, 3.05) is 32.6 Å². The molecule has 1 unspecified atom stereocenters. The second-order valence-corrected chi connectivity index (χ2v) is 8.52. The molecule has 24 heavy (non-hydrogen) atoms. The minimum Gasteiger partial charge on any atom is -0.381 e. The number of fused-ring (bicyclic) bond motifs is 1. The van der Waals surface area contributed by atoms with Crippen LogP contribution in [0.25, 0.3) is 0 Å². The Labute approximate surface area is 142 Å². The lowest BCUT2D eigenvalue weighted by atomic mass is 10.0. The lowest BCUT2D eigenvalue weighted by Gasteiger charge is -2.32. The number of aromatic nitrogens is 2. The van der Waals surface area contributed by atoms with E-state index < -0.39 is 10.0 Å². The molecule has 1 atom stereocenters. The molecule has 1 N–H and O–H groups in total. The Bertz CT molecular complexity index is 681. The van der Waals surface area contributed by atoms with Gasteiger partial charge in [0.1, 0.15) is 0 Å². The first-order valence-corrected chi connectivity index (χ1v) is 10.1. The van der Waals surface area contributed by atoms with E-state index in [0.29, 0.717) is 19.0 Å². The molecule has 0 saturated carbocycles. The maximum absolute atomic E-state index is 12.3. The van der Waals surface area contributed by atoms with Gasteiger partial charge < -0.3 is 10.1 Å². The van der Waals surface area contributed by atoms with Crippen molar-refractivity contribution in [2.24, 2.45) is 5.92 Å². The summed E-state index contributed by atoms with van der Waals surface area (Å²) in [6.07, 6.45) is 5.00. The van der Waals surface area contributed by atoms with Gasteiger partial charge in [-0.3, -0.25) is 9.48 Å². The van der Waals surface area contributed by atoms with Crippen LogP contribution in [0.4, 0.5) is 0 Å². The van der Waals surface area contributed by atoms with Crippen LogP contribution in [0.1, 0.15) is 31.0 Å². The molecule has 3 heterocycles. The molecule has 2 aliphatic heterocycles. The van der Waals surface area contributed by atoms with Crippen molar-refractivity contribution in [1.82, 2.24) is 19.4 Å². The van der Waals surface area contributed by atoms with Gasteiger partial charge in [-0.05, 0) is 24.8 Å². The summed E-state index contributed by atoms with van der Waals surface area (Å²) in [6, 6.07) is 1.53. The lowest BCUT2D eigenvalue weighted by molar-refractivity contribution is -0.122. The number of nitrogens with zero attached hydrogens (tertiary/aromatic N) is 3. The Hall–Kier alpha value is -1.45. The predicted molar refractivity (Wildman–Crippen MR) is 87.7 cm³/mol. The molecule has 0 bridgehead atoms. The molecule has 134 valence electrons. The number of carbonyl (C=O) groups is 1. The molecule has 0 spiro atoms. The Morgan fingerprint density at radius 1 is 1.42 bits per heavy atom. The fourth-order valence-corrected chi connectivity index (χ4v) is 4.06. The zero-order valence-corrected chi connectivity index (χ0v) is 14.7. The standard InChI is InChI=1S/C15H24N4O4S/c1-24(21,22)18-10-13-2-5-17-19(13)14(11-18)8-15(20)16-9-12-3-6-23-7-4-12/h2,5,12,14H,3-4,6-11H2,1H3,(H,16,20). The molecular formula is C15H24N4O4S. The topological polar surface area (TPSA) is 93.5 Å². The highest BCUT2D eigenvalue weighted by atomic mass is 32.2. The van der Waals surface area contributed by atoms with Gasteiger partial charge in [-0.1, -0.05) is 0 Å². The molecule has 1 aromatic rings. The summed E-state index contributed by atoms with van der Waals surface area (Å²) in [5.41, 5.74) is 0.814. The minimum absolute atomic E-state index is 0.0664. The monoisotopic (exact) mass is 356 g/mol. The molecule has 1 amide bonds. The third kappa shape index (κ3) is 4.14. The van der Waals surface area contributed by atoms with Crippen molar-refractivity contribution in [3.05, 3.63) is 18.0 Å². The molecule has 2 aliphatic rings. The number of hydrogen-bond donors (Lipinski definition) is 1. The van der Waals surface area contributed by atoms with Crippen LogP contribution in [0.15, 0.2) is 12.3 Å². The Balaban J connectivity index is 1.60.